The van der Waals surface area contributed by atoms with Crippen LogP contribution in [0.1, 0.15) is 119 Å². The average Bonchev–Trinajstić information content (AvgIpc) is 2.89. The van der Waals surface area contributed by atoms with Crippen LogP contribution in [-0.2, 0) is 4.74 Å². The lowest BCUT2D eigenvalue weighted by Gasteiger charge is -2.12. The van der Waals surface area contributed by atoms with Crippen LogP contribution in [-0.4, -0.2) is 19.7 Å². The van der Waals surface area contributed by atoms with E-state index in [0.717, 1.165) is 12.0 Å². The van der Waals surface area contributed by atoms with Gasteiger partial charge in [0.1, 0.15) is 0 Å². The first-order valence-corrected chi connectivity index (χ1v) is 13.7. The molecule has 0 saturated heterocycles. The van der Waals surface area contributed by atoms with Crippen molar-refractivity contribution in [2.75, 3.05) is 13.7 Å². The van der Waals surface area contributed by atoms with Gasteiger partial charge in [0.2, 0.25) is 0 Å². The van der Waals surface area contributed by atoms with E-state index in [1.807, 2.05) is 37.3 Å². The van der Waals surface area contributed by atoms with Crippen molar-refractivity contribution in [3.63, 3.8) is 0 Å². The van der Waals surface area contributed by atoms with Crippen LogP contribution in [0, 0.1) is 0 Å². The molecule has 4 heteroatoms. The number of carbonyl (C=O) groups is 1. The zero-order valence-electron chi connectivity index (χ0n) is 22.2. The van der Waals surface area contributed by atoms with Crippen molar-refractivity contribution >= 4 is 5.97 Å². The maximum Gasteiger partial charge on any atom is 0.343 e. The third kappa shape index (κ3) is 11.8. The molecule has 35 heavy (non-hydrogen) atoms. The fourth-order valence-electron chi connectivity index (χ4n) is 4.14. The predicted molar refractivity (Wildman–Crippen MR) is 144 cm³/mol. The van der Waals surface area contributed by atoms with E-state index in [2.05, 4.69) is 6.92 Å². The smallest absolute Gasteiger partial charge is 0.343 e. The monoisotopic (exact) mass is 482 g/mol. The summed E-state index contributed by atoms with van der Waals surface area (Å²) in [5.74, 6) is 0.685. The molecule has 0 bridgehead atoms. The van der Waals surface area contributed by atoms with Gasteiger partial charge in [0.25, 0.3) is 0 Å². The zero-order valence-corrected chi connectivity index (χ0v) is 22.2. The Labute approximate surface area is 213 Å². The number of hydrogen-bond acceptors (Lipinski definition) is 4. The summed E-state index contributed by atoms with van der Waals surface area (Å²) in [6, 6.07) is 14.7. The second kappa shape index (κ2) is 18.0. The van der Waals surface area contributed by atoms with E-state index < -0.39 is 5.97 Å². The quantitative estimate of drug-likeness (QED) is 0.114. The fourth-order valence-corrected chi connectivity index (χ4v) is 4.14. The van der Waals surface area contributed by atoms with Crippen LogP contribution in [0.2, 0.25) is 0 Å². The van der Waals surface area contributed by atoms with E-state index in [4.69, 9.17) is 14.2 Å². The molecule has 2 aromatic carbocycles. The first-order chi connectivity index (χ1) is 17.2. The Morgan fingerprint density at radius 2 is 1.23 bits per heavy atom. The van der Waals surface area contributed by atoms with Gasteiger partial charge in [-0.05, 0) is 43.2 Å². The SMILES string of the molecule is CCCCCCCCCCCCCCCOc1ccccc1OC(=O)c1ccc(C(C)OC)cc1. The lowest BCUT2D eigenvalue weighted by molar-refractivity contribution is 0.0727. The molecule has 0 spiro atoms. The molecular formula is C31H46O4. The van der Waals surface area contributed by atoms with Gasteiger partial charge in [0.05, 0.1) is 18.3 Å². The highest BCUT2D eigenvalue weighted by Gasteiger charge is 2.13. The second-order valence-corrected chi connectivity index (χ2v) is 9.43. The normalized spacial score (nSPS) is 11.9. The Balaban J connectivity index is 1.61. The summed E-state index contributed by atoms with van der Waals surface area (Å²) < 4.78 is 16.9. The van der Waals surface area contributed by atoms with Gasteiger partial charge in [0, 0.05) is 7.11 Å². The van der Waals surface area contributed by atoms with E-state index in [1.54, 1.807) is 25.3 Å². The Morgan fingerprint density at radius 3 is 1.77 bits per heavy atom. The number of carbonyl (C=O) groups excluding carboxylic acids is 1. The number of unbranched alkanes of at least 4 members (excludes halogenated alkanes) is 12. The Morgan fingerprint density at radius 1 is 0.714 bits per heavy atom. The van der Waals surface area contributed by atoms with Crippen molar-refractivity contribution in [1.29, 1.82) is 0 Å². The van der Waals surface area contributed by atoms with Gasteiger partial charge in [-0.25, -0.2) is 4.79 Å². The Bertz CT molecular complexity index is 815. The molecule has 4 nitrogen and oxygen atoms in total. The summed E-state index contributed by atoms with van der Waals surface area (Å²) >= 11 is 0. The molecule has 1 unspecified atom stereocenters. The minimum absolute atomic E-state index is 0.0145. The molecule has 0 N–H and O–H groups in total. The van der Waals surface area contributed by atoms with Crippen molar-refractivity contribution < 1.29 is 19.0 Å². The molecule has 0 heterocycles. The standard InChI is InChI=1S/C31H46O4/c1-4-5-6-7-8-9-10-11-12-13-14-15-18-25-34-29-19-16-17-20-30(29)35-31(32)28-23-21-27(22-24-28)26(2)33-3/h16-17,19-24,26H,4-15,18,25H2,1-3H3. The molecule has 2 rings (SSSR count). The summed E-state index contributed by atoms with van der Waals surface area (Å²) in [6.45, 7) is 4.88. The van der Waals surface area contributed by atoms with Gasteiger partial charge in [-0.1, -0.05) is 108 Å². The number of para-hydroxylation sites is 2. The van der Waals surface area contributed by atoms with Crippen molar-refractivity contribution in [3.05, 3.63) is 59.7 Å². The van der Waals surface area contributed by atoms with E-state index in [9.17, 15) is 4.79 Å². The van der Waals surface area contributed by atoms with Gasteiger partial charge in [0.15, 0.2) is 11.5 Å². The summed E-state index contributed by atoms with van der Waals surface area (Å²) in [5, 5.41) is 0. The van der Waals surface area contributed by atoms with Crippen molar-refractivity contribution in [3.8, 4) is 11.5 Å². The maximum atomic E-state index is 12.6. The number of hydrogen-bond donors (Lipinski definition) is 0. The lowest BCUT2D eigenvalue weighted by atomic mass is 10.0. The molecule has 0 radical (unpaired) electrons. The van der Waals surface area contributed by atoms with Gasteiger partial charge < -0.3 is 14.2 Å². The molecule has 0 aliphatic carbocycles. The summed E-state index contributed by atoms with van der Waals surface area (Å²) in [5.41, 5.74) is 1.52. The molecule has 0 amide bonds. The van der Waals surface area contributed by atoms with Crippen molar-refractivity contribution in [2.45, 2.75) is 103 Å². The second-order valence-electron chi connectivity index (χ2n) is 9.43. The highest BCUT2D eigenvalue weighted by molar-refractivity contribution is 5.91. The Kier molecular flexibility index (Phi) is 14.9. The highest BCUT2D eigenvalue weighted by atomic mass is 16.6. The minimum Gasteiger partial charge on any atom is -0.490 e. The number of benzene rings is 2. The molecule has 0 aliphatic rings. The number of rotatable bonds is 19. The van der Waals surface area contributed by atoms with Crippen LogP contribution >= 0.6 is 0 Å². The summed E-state index contributed by atoms with van der Waals surface area (Å²) in [7, 11) is 1.67. The molecule has 0 saturated carbocycles. The Hall–Kier alpha value is -2.33. The highest BCUT2D eigenvalue weighted by Crippen LogP contribution is 2.28. The summed E-state index contributed by atoms with van der Waals surface area (Å²) in [6.07, 6.45) is 17.2. The van der Waals surface area contributed by atoms with E-state index in [1.165, 1.54) is 77.0 Å². The van der Waals surface area contributed by atoms with Crippen LogP contribution in [0.25, 0.3) is 0 Å². The van der Waals surface area contributed by atoms with Crippen LogP contribution in [0.4, 0.5) is 0 Å². The molecule has 0 fully saturated rings. The molecule has 194 valence electrons. The van der Waals surface area contributed by atoms with Crippen LogP contribution in [0.15, 0.2) is 48.5 Å². The third-order valence-corrected chi connectivity index (χ3v) is 6.53. The minimum atomic E-state index is -0.390. The molecule has 2 aromatic rings. The molecular weight excluding hydrogens is 436 g/mol. The third-order valence-electron chi connectivity index (χ3n) is 6.53. The van der Waals surface area contributed by atoms with Crippen LogP contribution < -0.4 is 9.47 Å². The number of methoxy groups -OCH3 is 1. The van der Waals surface area contributed by atoms with Crippen molar-refractivity contribution in [2.24, 2.45) is 0 Å². The van der Waals surface area contributed by atoms with Gasteiger partial charge in [-0.15, -0.1) is 0 Å². The lowest BCUT2D eigenvalue weighted by Crippen LogP contribution is -2.10. The largest absolute Gasteiger partial charge is 0.490 e. The predicted octanol–water partition coefficient (Wildman–Crippen LogP) is 9.08. The molecule has 1 atom stereocenters. The van der Waals surface area contributed by atoms with E-state index in [-0.39, 0.29) is 6.10 Å². The van der Waals surface area contributed by atoms with Crippen molar-refractivity contribution in [1.82, 2.24) is 0 Å². The maximum absolute atomic E-state index is 12.6. The van der Waals surface area contributed by atoms with E-state index >= 15 is 0 Å². The zero-order chi connectivity index (χ0) is 25.1. The van der Waals surface area contributed by atoms with Gasteiger partial charge >= 0.3 is 5.97 Å². The first-order valence-electron chi connectivity index (χ1n) is 13.7. The fraction of sp³-hybridized carbons (Fsp3) is 0.581. The van der Waals surface area contributed by atoms with Gasteiger partial charge in [-0.2, -0.15) is 0 Å². The van der Waals surface area contributed by atoms with Crippen LogP contribution in [0.3, 0.4) is 0 Å². The summed E-state index contributed by atoms with van der Waals surface area (Å²) in [4.78, 5) is 12.6. The molecule has 0 aromatic heterocycles. The van der Waals surface area contributed by atoms with E-state index in [0.29, 0.717) is 23.7 Å². The van der Waals surface area contributed by atoms with Gasteiger partial charge in [-0.3, -0.25) is 0 Å². The topological polar surface area (TPSA) is 44.8 Å². The average molecular weight is 483 g/mol. The first kappa shape index (κ1) is 28.9. The number of ether oxygens (including phenoxy) is 3. The molecule has 0 aliphatic heterocycles. The van der Waals surface area contributed by atoms with Crippen LogP contribution in [0.5, 0.6) is 11.5 Å². The number of esters is 1.